The molecule has 1 aromatic rings. The van der Waals surface area contributed by atoms with Gasteiger partial charge in [0.2, 0.25) is 0 Å². The van der Waals surface area contributed by atoms with Crippen LogP contribution in [0.25, 0.3) is 0 Å². The second-order valence-electron chi connectivity index (χ2n) is 3.40. The molecule has 0 aliphatic carbocycles. The first kappa shape index (κ1) is 13.3. The van der Waals surface area contributed by atoms with Gasteiger partial charge in [-0.1, -0.05) is 17.7 Å². The largest absolute Gasteiger partial charge is 0.385 e. The minimum absolute atomic E-state index is 0.691. The molecule has 3 nitrogen and oxygen atoms in total. The Bertz CT molecular complexity index is 294. The summed E-state index contributed by atoms with van der Waals surface area (Å²) in [5.74, 6) is 0. The predicted octanol–water partition coefficient (Wildman–Crippen LogP) is 2.81. The minimum Gasteiger partial charge on any atom is -0.385 e. The predicted molar refractivity (Wildman–Crippen MR) is 67.3 cm³/mol. The van der Waals surface area contributed by atoms with E-state index in [1.54, 1.807) is 7.11 Å². The lowest BCUT2D eigenvalue weighted by molar-refractivity contribution is 0.109. The van der Waals surface area contributed by atoms with Gasteiger partial charge >= 0.3 is 0 Å². The summed E-state index contributed by atoms with van der Waals surface area (Å²) in [6.45, 7) is 2.97. The van der Waals surface area contributed by atoms with E-state index in [0.717, 1.165) is 36.9 Å². The van der Waals surface area contributed by atoms with Gasteiger partial charge in [0, 0.05) is 37.6 Å². The highest BCUT2D eigenvalue weighted by Crippen LogP contribution is 2.14. The fourth-order valence-corrected chi connectivity index (χ4v) is 1.46. The molecule has 0 spiro atoms. The van der Waals surface area contributed by atoms with E-state index in [1.165, 1.54) is 0 Å². The molecule has 0 unspecified atom stereocenters. The van der Waals surface area contributed by atoms with E-state index >= 15 is 0 Å². The highest BCUT2D eigenvalue weighted by atomic mass is 35.5. The average molecular weight is 244 g/mol. The Kier molecular flexibility index (Phi) is 6.97. The molecule has 4 heteroatoms. The summed E-state index contributed by atoms with van der Waals surface area (Å²) in [5, 5.41) is 3.98. The van der Waals surface area contributed by atoms with Crippen molar-refractivity contribution in [3.8, 4) is 0 Å². The van der Waals surface area contributed by atoms with Gasteiger partial charge in [-0.15, -0.1) is 0 Å². The summed E-state index contributed by atoms with van der Waals surface area (Å²) in [6, 6.07) is 7.65. The smallest absolute Gasteiger partial charge is 0.0639 e. The molecule has 16 heavy (non-hydrogen) atoms. The molecular formula is C12H18ClNO2. The molecule has 1 aromatic carbocycles. The van der Waals surface area contributed by atoms with Crippen LogP contribution in [0.3, 0.4) is 0 Å². The zero-order valence-electron chi connectivity index (χ0n) is 9.54. The van der Waals surface area contributed by atoms with Gasteiger partial charge < -0.3 is 14.8 Å². The van der Waals surface area contributed by atoms with Gasteiger partial charge in [0.25, 0.3) is 0 Å². The van der Waals surface area contributed by atoms with Crippen LogP contribution < -0.4 is 5.32 Å². The van der Waals surface area contributed by atoms with Crippen molar-refractivity contribution in [3.05, 3.63) is 29.3 Å². The molecule has 0 aliphatic rings. The number of ether oxygens (including phenoxy) is 2. The van der Waals surface area contributed by atoms with Crippen molar-refractivity contribution in [2.45, 2.75) is 6.42 Å². The topological polar surface area (TPSA) is 30.5 Å². The fraction of sp³-hybridized carbons (Fsp3) is 0.500. The van der Waals surface area contributed by atoms with Crippen molar-refractivity contribution < 1.29 is 9.47 Å². The second-order valence-corrected chi connectivity index (χ2v) is 3.83. The maximum absolute atomic E-state index is 5.86. The Morgan fingerprint density at radius 3 is 2.88 bits per heavy atom. The number of methoxy groups -OCH3 is 1. The highest BCUT2D eigenvalue weighted by Gasteiger charge is 1.93. The molecule has 0 amide bonds. The van der Waals surface area contributed by atoms with E-state index in [-0.39, 0.29) is 0 Å². The molecule has 0 saturated heterocycles. The molecule has 0 heterocycles. The van der Waals surface area contributed by atoms with Gasteiger partial charge in [-0.25, -0.2) is 0 Å². The molecule has 90 valence electrons. The molecule has 0 saturated carbocycles. The number of halogens is 1. The molecule has 0 aliphatic heterocycles. The van der Waals surface area contributed by atoms with Crippen LogP contribution in [0.4, 0.5) is 5.69 Å². The number of nitrogens with one attached hydrogen (secondary N) is 1. The van der Waals surface area contributed by atoms with E-state index in [4.69, 9.17) is 21.1 Å². The Morgan fingerprint density at radius 1 is 1.25 bits per heavy atom. The number of hydrogen-bond donors (Lipinski definition) is 1. The summed E-state index contributed by atoms with van der Waals surface area (Å²) in [7, 11) is 1.70. The minimum atomic E-state index is 0.691. The zero-order chi connectivity index (χ0) is 11.6. The lowest BCUT2D eigenvalue weighted by atomic mass is 10.3. The molecular weight excluding hydrogens is 226 g/mol. The lowest BCUT2D eigenvalue weighted by Crippen LogP contribution is -2.10. The van der Waals surface area contributed by atoms with Crippen LogP contribution in [-0.4, -0.2) is 33.5 Å². The summed E-state index contributed by atoms with van der Waals surface area (Å²) < 4.78 is 10.3. The van der Waals surface area contributed by atoms with Gasteiger partial charge in [0.1, 0.15) is 0 Å². The van der Waals surface area contributed by atoms with Crippen LogP contribution in [0.15, 0.2) is 24.3 Å². The normalized spacial score (nSPS) is 10.4. The van der Waals surface area contributed by atoms with E-state index in [1.807, 2.05) is 24.3 Å². The Morgan fingerprint density at radius 2 is 2.12 bits per heavy atom. The first-order chi connectivity index (χ1) is 7.83. The monoisotopic (exact) mass is 243 g/mol. The van der Waals surface area contributed by atoms with Crippen LogP contribution in [-0.2, 0) is 9.47 Å². The van der Waals surface area contributed by atoms with Crippen LogP contribution in [0.1, 0.15) is 6.42 Å². The Hall–Kier alpha value is -0.770. The Labute approximate surface area is 102 Å². The van der Waals surface area contributed by atoms with Gasteiger partial charge in [-0.3, -0.25) is 0 Å². The molecule has 1 rings (SSSR count). The molecule has 0 bridgehead atoms. The molecule has 0 fully saturated rings. The van der Waals surface area contributed by atoms with Crippen molar-refractivity contribution in [1.82, 2.24) is 0 Å². The van der Waals surface area contributed by atoms with Gasteiger partial charge in [-0.05, 0) is 24.6 Å². The van der Waals surface area contributed by atoms with Crippen molar-refractivity contribution in [2.75, 3.05) is 38.8 Å². The Balaban J connectivity index is 2.03. The number of benzene rings is 1. The number of hydrogen-bond acceptors (Lipinski definition) is 3. The first-order valence-corrected chi connectivity index (χ1v) is 5.77. The summed E-state index contributed by atoms with van der Waals surface area (Å²) in [4.78, 5) is 0. The molecule has 0 atom stereocenters. The van der Waals surface area contributed by atoms with Gasteiger partial charge in [0.15, 0.2) is 0 Å². The van der Waals surface area contributed by atoms with Crippen LogP contribution in [0.2, 0.25) is 5.02 Å². The third-order valence-electron chi connectivity index (χ3n) is 2.04. The molecule has 0 aromatic heterocycles. The first-order valence-electron chi connectivity index (χ1n) is 5.39. The second kappa shape index (κ2) is 8.39. The van der Waals surface area contributed by atoms with E-state index in [9.17, 15) is 0 Å². The summed E-state index contributed by atoms with van der Waals surface area (Å²) in [6.07, 6.45) is 0.938. The standard InChI is InChI=1S/C12H18ClNO2/c1-15-7-3-8-16-9-6-14-12-5-2-4-11(13)10-12/h2,4-5,10,14H,3,6-9H2,1H3. The third-order valence-corrected chi connectivity index (χ3v) is 2.27. The van der Waals surface area contributed by atoms with Crippen molar-refractivity contribution in [2.24, 2.45) is 0 Å². The molecule has 0 radical (unpaired) electrons. The number of anilines is 1. The van der Waals surface area contributed by atoms with E-state index < -0.39 is 0 Å². The maximum atomic E-state index is 5.86. The van der Waals surface area contributed by atoms with Gasteiger partial charge in [-0.2, -0.15) is 0 Å². The SMILES string of the molecule is COCCCOCCNc1cccc(Cl)c1. The summed E-state index contributed by atoms with van der Waals surface area (Å²) >= 11 is 5.86. The number of rotatable bonds is 8. The van der Waals surface area contributed by atoms with Crippen molar-refractivity contribution in [3.63, 3.8) is 0 Å². The fourth-order valence-electron chi connectivity index (χ4n) is 1.27. The highest BCUT2D eigenvalue weighted by molar-refractivity contribution is 6.30. The van der Waals surface area contributed by atoms with Crippen molar-refractivity contribution >= 4 is 17.3 Å². The van der Waals surface area contributed by atoms with Crippen molar-refractivity contribution in [1.29, 1.82) is 0 Å². The van der Waals surface area contributed by atoms with E-state index in [2.05, 4.69) is 5.32 Å². The maximum Gasteiger partial charge on any atom is 0.0639 e. The van der Waals surface area contributed by atoms with E-state index in [0.29, 0.717) is 6.61 Å². The van der Waals surface area contributed by atoms with Crippen LogP contribution >= 0.6 is 11.6 Å². The summed E-state index contributed by atoms with van der Waals surface area (Å²) in [5.41, 5.74) is 1.02. The van der Waals surface area contributed by atoms with Gasteiger partial charge in [0.05, 0.1) is 6.61 Å². The quantitative estimate of drug-likeness (QED) is 0.713. The van der Waals surface area contributed by atoms with Crippen LogP contribution in [0, 0.1) is 0 Å². The van der Waals surface area contributed by atoms with Crippen LogP contribution in [0.5, 0.6) is 0 Å². The lowest BCUT2D eigenvalue weighted by Gasteiger charge is -2.07. The molecule has 1 N–H and O–H groups in total. The zero-order valence-corrected chi connectivity index (χ0v) is 10.3. The third kappa shape index (κ3) is 5.95. The average Bonchev–Trinajstić information content (AvgIpc) is 2.28.